The van der Waals surface area contributed by atoms with E-state index >= 15 is 0 Å². The highest BCUT2D eigenvalue weighted by Crippen LogP contribution is 2.15. The van der Waals surface area contributed by atoms with Crippen molar-refractivity contribution in [1.82, 2.24) is 20.0 Å². The maximum Gasteiger partial charge on any atom is 0.269 e. The van der Waals surface area contributed by atoms with Gasteiger partial charge in [0.05, 0.1) is 12.8 Å². The first-order chi connectivity index (χ1) is 8.83. The van der Waals surface area contributed by atoms with E-state index in [1.807, 2.05) is 5.38 Å². The van der Waals surface area contributed by atoms with Gasteiger partial charge in [-0.25, -0.2) is 4.98 Å². The van der Waals surface area contributed by atoms with Gasteiger partial charge in [-0.05, 0) is 0 Å². The maximum absolute atomic E-state index is 11.9. The number of nitrogens with zero attached hydrogens (tertiary/aromatic N) is 2. The maximum atomic E-state index is 11.9. The minimum atomic E-state index is -0.0761. The number of methoxy groups -OCH3 is 1. The highest BCUT2D eigenvalue weighted by molar-refractivity contribution is 7.15. The van der Waals surface area contributed by atoms with Gasteiger partial charge in [-0.15, -0.1) is 11.3 Å². The molecule has 98 valence electrons. The van der Waals surface area contributed by atoms with Crippen molar-refractivity contribution < 1.29 is 9.53 Å². The van der Waals surface area contributed by atoms with E-state index in [4.69, 9.17) is 4.74 Å². The number of fused-ring (bicyclic) bond motifs is 1. The van der Waals surface area contributed by atoms with Crippen LogP contribution in [0.4, 0.5) is 0 Å². The zero-order valence-electron chi connectivity index (χ0n) is 10.2. The van der Waals surface area contributed by atoms with Gasteiger partial charge in [0.15, 0.2) is 0 Å². The molecule has 2 aromatic rings. The Hall–Kier alpha value is -1.44. The van der Waals surface area contributed by atoms with Crippen LogP contribution >= 0.6 is 11.3 Å². The van der Waals surface area contributed by atoms with Crippen LogP contribution in [0.25, 0.3) is 4.83 Å². The predicted molar refractivity (Wildman–Crippen MR) is 70.1 cm³/mol. The third kappa shape index (κ3) is 3.06. The topological polar surface area (TPSA) is 67.7 Å². The number of carbonyl (C=O) groups is 1. The summed E-state index contributed by atoms with van der Waals surface area (Å²) in [6.07, 6.45) is 3.39. The van der Waals surface area contributed by atoms with Crippen molar-refractivity contribution in [2.75, 3.05) is 33.4 Å². The standard InChI is InChI=1S/C11H16N4O2S/c1-17-5-4-12-2-3-14-11(16)9-7-18-10-6-13-8-15(9)10/h6-8,12H,2-5H2,1H3,(H,14,16). The molecule has 0 spiro atoms. The van der Waals surface area contributed by atoms with Gasteiger partial charge in [-0.3, -0.25) is 9.20 Å². The Morgan fingerprint density at radius 1 is 1.50 bits per heavy atom. The van der Waals surface area contributed by atoms with E-state index in [-0.39, 0.29) is 5.91 Å². The smallest absolute Gasteiger partial charge is 0.269 e. The average molecular weight is 268 g/mol. The lowest BCUT2D eigenvalue weighted by Crippen LogP contribution is -2.33. The monoisotopic (exact) mass is 268 g/mol. The highest BCUT2D eigenvalue weighted by Gasteiger charge is 2.11. The third-order valence-electron chi connectivity index (χ3n) is 2.46. The van der Waals surface area contributed by atoms with E-state index in [1.165, 1.54) is 11.3 Å². The van der Waals surface area contributed by atoms with Crippen LogP contribution < -0.4 is 10.6 Å². The first-order valence-electron chi connectivity index (χ1n) is 5.70. The fourth-order valence-corrected chi connectivity index (χ4v) is 2.37. The number of amides is 1. The molecule has 0 unspecified atom stereocenters. The van der Waals surface area contributed by atoms with Crippen LogP contribution in [0.15, 0.2) is 17.9 Å². The molecule has 0 radical (unpaired) electrons. The van der Waals surface area contributed by atoms with Crippen LogP contribution in [0.1, 0.15) is 10.5 Å². The Bertz CT molecular complexity index is 508. The third-order valence-corrected chi connectivity index (χ3v) is 3.34. The molecule has 2 N–H and O–H groups in total. The van der Waals surface area contributed by atoms with E-state index < -0.39 is 0 Å². The van der Waals surface area contributed by atoms with Crippen molar-refractivity contribution in [3.63, 3.8) is 0 Å². The fraction of sp³-hybridized carbons (Fsp3) is 0.455. The Labute approximate surface area is 109 Å². The number of aromatic nitrogens is 2. The lowest BCUT2D eigenvalue weighted by Gasteiger charge is -2.05. The lowest BCUT2D eigenvalue weighted by molar-refractivity contribution is 0.0948. The van der Waals surface area contributed by atoms with E-state index in [0.717, 1.165) is 17.9 Å². The van der Waals surface area contributed by atoms with Crippen LogP contribution in [-0.4, -0.2) is 48.6 Å². The zero-order valence-corrected chi connectivity index (χ0v) is 11.0. The Morgan fingerprint density at radius 3 is 3.22 bits per heavy atom. The number of nitrogens with one attached hydrogen (secondary N) is 2. The summed E-state index contributed by atoms with van der Waals surface area (Å²) in [5.74, 6) is -0.0761. The van der Waals surface area contributed by atoms with Gasteiger partial charge in [-0.2, -0.15) is 0 Å². The van der Waals surface area contributed by atoms with Crippen molar-refractivity contribution in [1.29, 1.82) is 0 Å². The molecular formula is C11H16N4O2S. The summed E-state index contributed by atoms with van der Waals surface area (Å²) in [5.41, 5.74) is 0.629. The van der Waals surface area contributed by atoms with Gasteiger partial charge in [0.2, 0.25) is 0 Å². The molecule has 7 heteroatoms. The van der Waals surface area contributed by atoms with Crippen molar-refractivity contribution >= 4 is 22.1 Å². The van der Waals surface area contributed by atoms with Gasteiger partial charge < -0.3 is 15.4 Å². The molecule has 2 aromatic heterocycles. The molecule has 1 amide bonds. The van der Waals surface area contributed by atoms with E-state index in [2.05, 4.69) is 15.6 Å². The van der Waals surface area contributed by atoms with Crippen molar-refractivity contribution in [3.05, 3.63) is 23.6 Å². The van der Waals surface area contributed by atoms with Gasteiger partial charge >= 0.3 is 0 Å². The molecule has 2 heterocycles. The summed E-state index contributed by atoms with van der Waals surface area (Å²) < 4.78 is 6.70. The molecule has 6 nitrogen and oxygen atoms in total. The fourth-order valence-electron chi connectivity index (χ4n) is 1.54. The van der Waals surface area contributed by atoms with Crippen molar-refractivity contribution in [3.8, 4) is 0 Å². The molecule has 0 bridgehead atoms. The second-order valence-electron chi connectivity index (χ2n) is 3.72. The van der Waals surface area contributed by atoms with Gasteiger partial charge in [-0.1, -0.05) is 0 Å². The predicted octanol–water partition coefficient (Wildman–Crippen LogP) is 0.362. The number of imidazole rings is 1. The SMILES string of the molecule is COCCNCCNC(=O)c1csc2cncn12. The number of thiazole rings is 1. The molecular weight excluding hydrogens is 252 g/mol. The quantitative estimate of drug-likeness (QED) is 0.712. The summed E-state index contributed by atoms with van der Waals surface area (Å²) in [6.45, 7) is 2.78. The van der Waals surface area contributed by atoms with Gasteiger partial charge in [0, 0.05) is 32.1 Å². The number of hydrogen-bond acceptors (Lipinski definition) is 5. The molecule has 0 saturated carbocycles. The van der Waals surface area contributed by atoms with Crippen molar-refractivity contribution in [2.24, 2.45) is 0 Å². The summed E-state index contributed by atoms with van der Waals surface area (Å²) in [4.78, 5) is 16.9. The Balaban J connectivity index is 1.77. The lowest BCUT2D eigenvalue weighted by atomic mass is 10.4. The summed E-state index contributed by atoms with van der Waals surface area (Å²) in [7, 11) is 1.66. The minimum absolute atomic E-state index is 0.0761. The summed E-state index contributed by atoms with van der Waals surface area (Å²) in [6, 6.07) is 0. The van der Waals surface area contributed by atoms with E-state index in [1.54, 1.807) is 24.0 Å². The first kappa shape index (κ1) is 13.0. The average Bonchev–Trinajstić information content (AvgIpc) is 2.95. The number of rotatable bonds is 7. The Morgan fingerprint density at radius 2 is 2.39 bits per heavy atom. The molecule has 0 aliphatic rings. The van der Waals surface area contributed by atoms with Crippen LogP contribution in [-0.2, 0) is 4.74 Å². The summed E-state index contributed by atoms with van der Waals surface area (Å²) >= 11 is 1.51. The van der Waals surface area contributed by atoms with Gasteiger partial charge in [0.1, 0.15) is 16.9 Å². The number of ether oxygens (including phenoxy) is 1. The number of hydrogen-bond donors (Lipinski definition) is 2. The van der Waals surface area contributed by atoms with E-state index in [9.17, 15) is 4.79 Å². The zero-order chi connectivity index (χ0) is 12.8. The minimum Gasteiger partial charge on any atom is -0.383 e. The second-order valence-corrected chi connectivity index (χ2v) is 4.61. The molecule has 0 aliphatic carbocycles. The van der Waals surface area contributed by atoms with E-state index in [0.29, 0.717) is 18.8 Å². The molecule has 0 fully saturated rings. The molecule has 0 aliphatic heterocycles. The Kier molecular flexibility index (Phi) is 4.68. The van der Waals surface area contributed by atoms with Crippen molar-refractivity contribution in [2.45, 2.75) is 0 Å². The molecule has 0 aromatic carbocycles. The molecule has 0 atom stereocenters. The van der Waals surface area contributed by atoms with Crippen LogP contribution in [0.3, 0.4) is 0 Å². The first-order valence-corrected chi connectivity index (χ1v) is 6.58. The largest absolute Gasteiger partial charge is 0.383 e. The van der Waals surface area contributed by atoms with Crippen LogP contribution in [0.5, 0.6) is 0 Å². The normalized spacial score (nSPS) is 10.9. The highest BCUT2D eigenvalue weighted by atomic mass is 32.1. The van der Waals surface area contributed by atoms with Crippen LogP contribution in [0.2, 0.25) is 0 Å². The summed E-state index contributed by atoms with van der Waals surface area (Å²) in [5, 5.41) is 7.86. The number of carbonyl (C=O) groups excluding carboxylic acids is 1. The van der Waals surface area contributed by atoms with Gasteiger partial charge in [0.25, 0.3) is 5.91 Å². The molecule has 18 heavy (non-hydrogen) atoms. The second kappa shape index (κ2) is 6.48. The van der Waals surface area contributed by atoms with Crippen LogP contribution in [0, 0.1) is 0 Å². The molecule has 2 rings (SSSR count). The molecule has 0 saturated heterocycles.